The molecule has 3 rings (SSSR count). The Hall–Kier alpha value is -2.80. The van der Waals surface area contributed by atoms with Crippen LogP contribution in [0.2, 0.25) is 0 Å². The van der Waals surface area contributed by atoms with E-state index in [4.69, 9.17) is 4.74 Å². The maximum absolute atomic E-state index is 13.8. The van der Waals surface area contributed by atoms with Gasteiger partial charge in [-0.05, 0) is 36.4 Å². The Morgan fingerprint density at radius 2 is 1.85 bits per heavy atom. The predicted molar refractivity (Wildman–Crippen MR) is 96.5 cm³/mol. The first-order valence-corrected chi connectivity index (χ1v) is 8.77. The Labute approximate surface area is 153 Å². The topological polar surface area (TPSA) is 51.2 Å². The molecule has 1 heterocycles. The van der Waals surface area contributed by atoms with Gasteiger partial charge in [0.25, 0.3) is 5.91 Å². The number of nitrogens with one attached hydrogen (secondary N) is 1. The van der Waals surface area contributed by atoms with Gasteiger partial charge in [0.1, 0.15) is 22.4 Å². The summed E-state index contributed by atoms with van der Waals surface area (Å²) in [5.74, 6) is -0.808. The Morgan fingerprint density at radius 1 is 1.15 bits per heavy atom. The lowest BCUT2D eigenvalue weighted by Gasteiger charge is -2.05. The number of halogens is 2. The fourth-order valence-electron chi connectivity index (χ4n) is 2.39. The van der Waals surface area contributed by atoms with Gasteiger partial charge in [0.05, 0.1) is 18.4 Å². The van der Waals surface area contributed by atoms with Gasteiger partial charge in [0, 0.05) is 23.9 Å². The summed E-state index contributed by atoms with van der Waals surface area (Å²) >= 11 is 1.17. The minimum Gasteiger partial charge on any atom is -0.497 e. The van der Waals surface area contributed by atoms with Gasteiger partial charge in [0.2, 0.25) is 0 Å². The molecule has 0 aliphatic carbocycles. The predicted octanol–water partition coefficient (Wildman–Crippen LogP) is 4.07. The van der Waals surface area contributed by atoms with Crippen LogP contribution in [0.3, 0.4) is 0 Å². The van der Waals surface area contributed by atoms with Crippen molar-refractivity contribution in [2.24, 2.45) is 0 Å². The van der Waals surface area contributed by atoms with Crippen LogP contribution in [0.5, 0.6) is 5.75 Å². The Kier molecular flexibility index (Phi) is 5.58. The molecular weight excluding hydrogens is 358 g/mol. The lowest BCUT2D eigenvalue weighted by Crippen LogP contribution is -2.25. The van der Waals surface area contributed by atoms with Gasteiger partial charge in [-0.3, -0.25) is 4.79 Å². The highest BCUT2D eigenvalue weighted by molar-refractivity contribution is 7.13. The van der Waals surface area contributed by atoms with Crippen molar-refractivity contribution in [2.45, 2.75) is 6.42 Å². The van der Waals surface area contributed by atoms with Gasteiger partial charge in [-0.1, -0.05) is 6.07 Å². The quantitative estimate of drug-likeness (QED) is 0.708. The zero-order chi connectivity index (χ0) is 18.5. The molecule has 0 radical (unpaired) electrons. The van der Waals surface area contributed by atoms with Gasteiger partial charge >= 0.3 is 0 Å². The van der Waals surface area contributed by atoms with E-state index < -0.39 is 11.6 Å². The van der Waals surface area contributed by atoms with Gasteiger partial charge in [-0.25, -0.2) is 13.8 Å². The number of ether oxygens (including phenoxy) is 1. The standard InChI is InChI=1S/C19H16F2N2O2S/c1-25-14-7-5-12(6-8-14)18(24)22-10-9-13-11-26-19(23-13)17-15(20)3-2-4-16(17)21/h2-8,11H,9-10H2,1H3,(H,22,24). The normalized spacial score (nSPS) is 10.6. The molecule has 26 heavy (non-hydrogen) atoms. The van der Waals surface area contributed by atoms with E-state index >= 15 is 0 Å². The average Bonchev–Trinajstić information content (AvgIpc) is 3.10. The fourth-order valence-corrected chi connectivity index (χ4v) is 3.29. The second-order valence-electron chi connectivity index (χ2n) is 5.48. The van der Waals surface area contributed by atoms with Gasteiger partial charge in [0.15, 0.2) is 0 Å². The number of carbonyl (C=O) groups excluding carboxylic acids is 1. The highest BCUT2D eigenvalue weighted by Crippen LogP contribution is 2.28. The number of aromatic nitrogens is 1. The molecular formula is C19H16F2N2O2S. The van der Waals surface area contributed by atoms with Crippen molar-refractivity contribution >= 4 is 17.2 Å². The summed E-state index contributed by atoms with van der Waals surface area (Å²) in [4.78, 5) is 16.3. The number of amides is 1. The van der Waals surface area contributed by atoms with Crippen LogP contribution in [0.1, 0.15) is 16.1 Å². The van der Waals surface area contributed by atoms with E-state index in [1.165, 1.54) is 29.5 Å². The molecule has 0 bridgehead atoms. The molecule has 0 saturated carbocycles. The summed E-state index contributed by atoms with van der Waals surface area (Å²) in [7, 11) is 1.56. The van der Waals surface area contributed by atoms with Gasteiger partial charge in [-0.2, -0.15) is 0 Å². The first-order chi connectivity index (χ1) is 12.6. The highest BCUT2D eigenvalue weighted by Gasteiger charge is 2.14. The van der Waals surface area contributed by atoms with E-state index in [2.05, 4.69) is 10.3 Å². The average molecular weight is 374 g/mol. The molecule has 0 fully saturated rings. The monoisotopic (exact) mass is 374 g/mol. The summed E-state index contributed by atoms with van der Waals surface area (Å²) in [5, 5.41) is 4.82. The Balaban J connectivity index is 1.59. The molecule has 0 saturated heterocycles. The third-order valence-corrected chi connectivity index (χ3v) is 4.66. The number of hydrogen-bond acceptors (Lipinski definition) is 4. The van der Waals surface area contributed by atoms with Crippen LogP contribution in [-0.2, 0) is 6.42 Å². The van der Waals surface area contributed by atoms with Crippen molar-refractivity contribution in [3.63, 3.8) is 0 Å². The molecule has 4 nitrogen and oxygen atoms in total. The van der Waals surface area contributed by atoms with E-state index in [1.807, 2.05) is 0 Å². The second kappa shape index (κ2) is 8.05. The molecule has 3 aromatic rings. The molecule has 2 aromatic carbocycles. The molecule has 0 unspecified atom stereocenters. The molecule has 0 aliphatic rings. The Morgan fingerprint density at radius 3 is 2.50 bits per heavy atom. The van der Waals surface area contributed by atoms with Crippen molar-refractivity contribution in [1.29, 1.82) is 0 Å². The minimum absolute atomic E-state index is 0.119. The van der Waals surface area contributed by atoms with Crippen molar-refractivity contribution in [3.8, 4) is 16.3 Å². The number of nitrogens with zero attached hydrogens (tertiary/aromatic N) is 1. The van der Waals surface area contributed by atoms with E-state index in [0.717, 1.165) is 0 Å². The van der Waals surface area contributed by atoms with Crippen molar-refractivity contribution in [2.75, 3.05) is 13.7 Å². The van der Waals surface area contributed by atoms with Crippen molar-refractivity contribution < 1.29 is 18.3 Å². The summed E-state index contributed by atoms with van der Waals surface area (Å²) in [6, 6.07) is 10.5. The number of benzene rings is 2. The fraction of sp³-hybridized carbons (Fsp3) is 0.158. The summed E-state index contributed by atoms with van der Waals surface area (Å²) in [6.45, 7) is 0.369. The minimum atomic E-state index is -0.640. The van der Waals surface area contributed by atoms with Crippen LogP contribution in [0.25, 0.3) is 10.6 Å². The first-order valence-electron chi connectivity index (χ1n) is 7.89. The van der Waals surface area contributed by atoms with Crippen LogP contribution < -0.4 is 10.1 Å². The molecule has 1 aromatic heterocycles. The summed E-state index contributed by atoms with van der Waals surface area (Å²) in [6.07, 6.45) is 0.467. The largest absolute Gasteiger partial charge is 0.497 e. The maximum atomic E-state index is 13.8. The van der Waals surface area contributed by atoms with Crippen molar-refractivity contribution in [3.05, 3.63) is 70.7 Å². The molecule has 0 spiro atoms. The molecule has 7 heteroatoms. The van der Waals surface area contributed by atoms with Crippen LogP contribution in [-0.4, -0.2) is 24.5 Å². The maximum Gasteiger partial charge on any atom is 0.251 e. The van der Waals surface area contributed by atoms with Crippen LogP contribution in [0, 0.1) is 11.6 Å². The molecule has 0 atom stereocenters. The third kappa shape index (κ3) is 4.05. The van der Waals surface area contributed by atoms with Crippen molar-refractivity contribution in [1.82, 2.24) is 10.3 Å². The number of rotatable bonds is 6. The van der Waals surface area contributed by atoms with E-state index in [9.17, 15) is 13.6 Å². The van der Waals surface area contributed by atoms with Gasteiger partial charge < -0.3 is 10.1 Å². The third-order valence-electron chi connectivity index (χ3n) is 3.75. The smallest absolute Gasteiger partial charge is 0.251 e. The molecule has 0 aliphatic heterocycles. The number of carbonyl (C=O) groups is 1. The van der Waals surface area contributed by atoms with Crippen LogP contribution in [0.4, 0.5) is 8.78 Å². The van der Waals surface area contributed by atoms with E-state index in [1.54, 1.807) is 36.8 Å². The second-order valence-corrected chi connectivity index (χ2v) is 6.33. The zero-order valence-electron chi connectivity index (χ0n) is 14.0. The lowest BCUT2D eigenvalue weighted by atomic mass is 10.2. The Bertz CT molecular complexity index is 890. The summed E-state index contributed by atoms with van der Waals surface area (Å²) < 4.78 is 32.7. The summed E-state index contributed by atoms with van der Waals surface area (Å²) in [5.41, 5.74) is 1.08. The van der Waals surface area contributed by atoms with Crippen LogP contribution >= 0.6 is 11.3 Å². The number of hydrogen-bond donors (Lipinski definition) is 1. The van der Waals surface area contributed by atoms with E-state index in [-0.39, 0.29) is 16.5 Å². The number of methoxy groups -OCH3 is 1. The molecule has 1 N–H and O–H groups in total. The molecule has 1 amide bonds. The molecule has 134 valence electrons. The first kappa shape index (κ1) is 18.0. The zero-order valence-corrected chi connectivity index (χ0v) is 14.8. The lowest BCUT2D eigenvalue weighted by molar-refractivity contribution is 0.0954. The highest BCUT2D eigenvalue weighted by atomic mass is 32.1. The van der Waals surface area contributed by atoms with Crippen LogP contribution in [0.15, 0.2) is 47.8 Å². The van der Waals surface area contributed by atoms with Gasteiger partial charge in [-0.15, -0.1) is 11.3 Å². The van der Waals surface area contributed by atoms with E-state index in [0.29, 0.717) is 30.0 Å². The SMILES string of the molecule is COc1ccc(C(=O)NCCc2csc(-c3c(F)cccc3F)n2)cc1. The number of thiazole rings is 1.